The van der Waals surface area contributed by atoms with Gasteiger partial charge in [0.2, 0.25) is 0 Å². The largest absolute Gasteiger partial charge is 0.347 e. The molecule has 1 aromatic carbocycles. The molecule has 1 aromatic heterocycles. The Labute approximate surface area is 91.4 Å². The van der Waals surface area contributed by atoms with E-state index in [0.29, 0.717) is 0 Å². The molecule has 0 aliphatic heterocycles. The molecule has 0 radical (unpaired) electrons. The standard InChI is InChI=1S/C8H4Br2ClN/c9-5-3-1-2-4-6(11)8(10)12-7(4)5/h1-3,12H. The predicted octanol–water partition coefficient (Wildman–Crippen LogP) is 4.35. The number of aromatic nitrogens is 1. The van der Waals surface area contributed by atoms with Crippen molar-refractivity contribution in [3.63, 3.8) is 0 Å². The number of para-hydroxylation sites is 1. The molecule has 1 heterocycles. The first-order valence-corrected chi connectivity index (χ1v) is 5.27. The van der Waals surface area contributed by atoms with Crippen LogP contribution in [0.25, 0.3) is 10.9 Å². The molecule has 0 amide bonds. The molecule has 2 rings (SSSR count). The van der Waals surface area contributed by atoms with Gasteiger partial charge in [0, 0.05) is 9.86 Å². The van der Waals surface area contributed by atoms with Gasteiger partial charge in [-0.3, -0.25) is 0 Å². The molecular formula is C8H4Br2ClN. The average Bonchev–Trinajstić information content (AvgIpc) is 2.32. The molecule has 0 spiro atoms. The molecule has 4 heteroatoms. The number of nitrogens with one attached hydrogen (secondary N) is 1. The van der Waals surface area contributed by atoms with Gasteiger partial charge >= 0.3 is 0 Å². The van der Waals surface area contributed by atoms with Gasteiger partial charge in [-0.05, 0) is 37.9 Å². The summed E-state index contributed by atoms with van der Waals surface area (Å²) >= 11 is 12.8. The van der Waals surface area contributed by atoms with E-state index in [2.05, 4.69) is 36.8 Å². The highest BCUT2D eigenvalue weighted by Crippen LogP contribution is 2.34. The Morgan fingerprint density at radius 3 is 2.67 bits per heavy atom. The number of benzene rings is 1. The van der Waals surface area contributed by atoms with Crippen molar-refractivity contribution in [3.05, 3.63) is 32.3 Å². The van der Waals surface area contributed by atoms with Crippen molar-refractivity contribution in [2.24, 2.45) is 0 Å². The maximum absolute atomic E-state index is 6.01. The minimum atomic E-state index is 0.728. The van der Waals surface area contributed by atoms with Gasteiger partial charge in [0.25, 0.3) is 0 Å². The van der Waals surface area contributed by atoms with Crippen LogP contribution < -0.4 is 0 Å². The number of rotatable bonds is 0. The van der Waals surface area contributed by atoms with Crippen LogP contribution in [0.2, 0.25) is 5.02 Å². The van der Waals surface area contributed by atoms with E-state index in [4.69, 9.17) is 11.6 Å². The molecule has 0 aliphatic rings. The van der Waals surface area contributed by atoms with Crippen LogP contribution in [0.4, 0.5) is 0 Å². The maximum Gasteiger partial charge on any atom is 0.102 e. The SMILES string of the molecule is Clc1c(Br)[nH]c2c(Br)cccc12. The lowest BCUT2D eigenvalue weighted by Crippen LogP contribution is -1.68. The minimum absolute atomic E-state index is 0.728. The smallest absolute Gasteiger partial charge is 0.102 e. The molecule has 0 bridgehead atoms. The third kappa shape index (κ3) is 1.20. The third-order valence-electron chi connectivity index (χ3n) is 1.68. The number of hydrogen-bond donors (Lipinski definition) is 1. The van der Waals surface area contributed by atoms with Gasteiger partial charge in [0.15, 0.2) is 0 Å². The first-order valence-electron chi connectivity index (χ1n) is 3.31. The maximum atomic E-state index is 6.01. The second-order valence-electron chi connectivity index (χ2n) is 2.42. The summed E-state index contributed by atoms with van der Waals surface area (Å²) in [5.41, 5.74) is 1.02. The van der Waals surface area contributed by atoms with Crippen molar-refractivity contribution < 1.29 is 0 Å². The number of H-pyrrole nitrogens is 1. The zero-order valence-electron chi connectivity index (χ0n) is 5.87. The van der Waals surface area contributed by atoms with Gasteiger partial charge in [0.05, 0.1) is 10.5 Å². The first-order chi connectivity index (χ1) is 5.70. The molecule has 2 aromatic rings. The fraction of sp³-hybridized carbons (Fsp3) is 0. The van der Waals surface area contributed by atoms with Crippen molar-refractivity contribution in [3.8, 4) is 0 Å². The van der Waals surface area contributed by atoms with E-state index < -0.39 is 0 Å². The Morgan fingerprint density at radius 1 is 1.25 bits per heavy atom. The monoisotopic (exact) mass is 307 g/mol. The van der Waals surface area contributed by atoms with E-state index >= 15 is 0 Å². The Balaban J connectivity index is 2.95. The van der Waals surface area contributed by atoms with Crippen LogP contribution >= 0.6 is 43.5 Å². The molecule has 0 atom stereocenters. The zero-order chi connectivity index (χ0) is 8.72. The Morgan fingerprint density at radius 2 is 2.00 bits per heavy atom. The number of hydrogen-bond acceptors (Lipinski definition) is 0. The van der Waals surface area contributed by atoms with Crippen LogP contribution in [0.5, 0.6) is 0 Å². The van der Waals surface area contributed by atoms with E-state index in [9.17, 15) is 0 Å². The molecule has 1 N–H and O–H groups in total. The van der Waals surface area contributed by atoms with Crippen molar-refractivity contribution in [2.45, 2.75) is 0 Å². The van der Waals surface area contributed by atoms with Gasteiger partial charge in [-0.1, -0.05) is 23.7 Å². The van der Waals surface area contributed by atoms with Crippen molar-refractivity contribution >= 4 is 54.4 Å². The van der Waals surface area contributed by atoms with Crippen molar-refractivity contribution in [2.75, 3.05) is 0 Å². The summed E-state index contributed by atoms with van der Waals surface area (Å²) in [5.74, 6) is 0. The molecule has 0 fully saturated rings. The lowest BCUT2D eigenvalue weighted by molar-refractivity contribution is 1.41. The van der Waals surface area contributed by atoms with Crippen LogP contribution in [0, 0.1) is 0 Å². The van der Waals surface area contributed by atoms with Crippen molar-refractivity contribution in [1.82, 2.24) is 4.98 Å². The lowest BCUT2D eigenvalue weighted by atomic mass is 10.2. The molecule has 0 aliphatic carbocycles. The van der Waals surface area contributed by atoms with Gasteiger partial charge in [0.1, 0.15) is 4.60 Å². The van der Waals surface area contributed by atoms with Crippen LogP contribution in [-0.2, 0) is 0 Å². The Kier molecular flexibility index (Phi) is 2.19. The molecule has 62 valence electrons. The van der Waals surface area contributed by atoms with Crippen LogP contribution in [0.3, 0.4) is 0 Å². The molecule has 0 saturated carbocycles. The van der Waals surface area contributed by atoms with Gasteiger partial charge < -0.3 is 4.98 Å². The van der Waals surface area contributed by atoms with E-state index in [0.717, 1.165) is 25.0 Å². The van der Waals surface area contributed by atoms with Gasteiger partial charge in [-0.15, -0.1) is 0 Å². The Hall–Kier alpha value is 0.0100. The Bertz CT molecular complexity index is 436. The summed E-state index contributed by atoms with van der Waals surface area (Å²) in [5, 5.41) is 1.75. The normalized spacial score (nSPS) is 10.9. The zero-order valence-corrected chi connectivity index (χ0v) is 9.79. The number of aromatic amines is 1. The number of fused-ring (bicyclic) bond motifs is 1. The van der Waals surface area contributed by atoms with Crippen LogP contribution in [-0.4, -0.2) is 4.98 Å². The summed E-state index contributed by atoms with van der Waals surface area (Å²) in [6, 6.07) is 5.91. The molecule has 0 unspecified atom stereocenters. The van der Waals surface area contributed by atoms with Gasteiger partial charge in [-0.2, -0.15) is 0 Å². The summed E-state index contributed by atoms with van der Waals surface area (Å²) in [6.45, 7) is 0. The molecule has 0 saturated heterocycles. The topological polar surface area (TPSA) is 15.8 Å². The highest BCUT2D eigenvalue weighted by Gasteiger charge is 2.07. The van der Waals surface area contributed by atoms with E-state index in [1.807, 2.05) is 18.2 Å². The lowest BCUT2D eigenvalue weighted by Gasteiger charge is -1.91. The average molecular weight is 309 g/mol. The van der Waals surface area contributed by atoms with Crippen LogP contribution in [0.15, 0.2) is 27.3 Å². The highest BCUT2D eigenvalue weighted by molar-refractivity contribution is 9.11. The molecule has 12 heavy (non-hydrogen) atoms. The van der Waals surface area contributed by atoms with E-state index in [1.165, 1.54) is 0 Å². The summed E-state index contributed by atoms with van der Waals surface area (Å²) in [7, 11) is 0. The first kappa shape index (κ1) is 8.60. The minimum Gasteiger partial charge on any atom is -0.347 e. The quantitative estimate of drug-likeness (QED) is 0.745. The summed E-state index contributed by atoms with van der Waals surface area (Å²) < 4.78 is 1.85. The summed E-state index contributed by atoms with van der Waals surface area (Å²) in [4.78, 5) is 3.13. The third-order valence-corrected chi connectivity index (χ3v) is 3.55. The fourth-order valence-corrected chi connectivity index (χ4v) is 2.20. The fourth-order valence-electron chi connectivity index (χ4n) is 1.12. The van der Waals surface area contributed by atoms with Crippen LogP contribution in [0.1, 0.15) is 0 Å². The van der Waals surface area contributed by atoms with E-state index in [-0.39, 0.29) is 0 Å². The summed E-state index contributed by atoms with van der Waals surface area (Å²) in [6.07, 6.45) is 0. The second kappa shape index (κ2) is 3.05. The predicted molar refractivity (Wildman–Crippen MR) is 58.7 cm³/mol. The molecular weight excluding hydrogens is 305 g/mol. The van der Waals surface area contributed by atoms with Crippen molar-refractivity contribution in [1.29, 1.82) is 0 Å². The van der Waals surface area contributed by atoms with E-state index in [1.54, 1.807) is 0 Å². The number of halogens is 3. The molecule has 1 nitrogen and oxygen atoms in total. The highest BCUT2D eigenvalue weighted by atomic mass is 79.9. The second-order valence-corrected chi connectivity index (χ2v) is 4.44. The van der Waals surface area contributed by atoms with Gasteiger partial charge in [-0.25, -0.2) is 0 Å².